The normalized spacial score (nSPS) is 11.5. The third-order valence-corrected chi connectivity index (χ3v) is 4.63. The zero-order valence-corrected chi connectivity index (χ0v) is 15.7. The molecule has 0 aliphatic carbocycles. The highest BCUT2D eigenvalue weighted by molar-refractivity contribution is 5.88. The van der Waals surface area contributed by atoms with Gasteiger partial charge in [0.25, 0.3) is 0 Å². The lowest BCUT2D eigenvalue weighted by Crippen LogP contribution is -2.06. The second-order valence-electron chi connectivity index (χ2n) is 6.74. The fourth-order valence-electron chi connectivity index (χ4n) is 3.10. The van der Waals surface area contributed by atoms with Gasteiger partial charge in [-0.1, -0.05) is 12.1 Å². The number of hydrogen-bond acceptors (Lipinski definition) is 6. The quantitative estimate of drug-likeness (QED) is 0.480. The lowest BCUT2D eigenvalue weighted by atomic mass is 10.1. The second-order valence-corrected chi connectivity index (χ2v) is 6.74. The van der Waals surface area contributed by atoms with Crippen molar-refractivity contribution in [1.29, 1.82) is 0 Å². The van der Waals surface area contributed by atoms with Gasteiger partial charge in [0.15, 0.2) is 18.0 Å². The smallest absolute Gasteiger partial charge is 0.202 e. The Hall–Kier alpha value is -3.75. The monoisotopic (exact) mass is 374 g/mol. The summed E-state index contributed by atoms with van der Waals surface area (Å²) in [4.78, 5) is 9.00. The third-order valence-electron chi connectivity index (χ3n) is 4.63. The van der Waals surface area contributed by atoms with Crippen molar-refractivity contribution in [3.8, 4) is 17.3 Å². The summed E-state index contributed by atoms with van der Waals surface area (Å²) in [5.41, 5.74) is 4.39. The molecule has 0 amide bonds. The van der Waals surface area contributed by atoms with Gasteiger partial charge in [-0.15, -0.1) is 5.10 Å². The van der Waals surface area contributed by atoms with Crippen LogP contribution in [0.15, 0.2) is 43.0 Å². The molecule has 0 atom stereocenters. The summed E-state index contributed by atoms with van der Waals surface area (Å²) in [7, 11) is 1.85. The summed E-state index contributed by atoms with van der Waals surface area (Å²) in [5, 5.41) is 14.1. The van der Waals surface area contributed by atoms with Crippen molar-refractivity contribution in [3.05, 3.63) is 54.1 Å². The Kier molecular flexibility index (Phi) is 3.61. The molecule has 0 saturated heterocycles. The Morgan fingerprint density at radius 3 is 2.86 bits per heavy atom. The molecule has 0 bridgehead atoms. The Labute approximate surface area is 160 Å². The van der Waals surface area contributed by atoms with Gasteiger partial charge >= 0.3 is 0 Å². The molecule has 4 aromatic heterocycles. The zero-order chi connectivity index (χ0) is 19.3. The molecule has 140 valence electrons. The molecule has 9 nitrogen and oxygen atoms in total. The molecule has 4 heterocycles. The number of benzene rings is 1. The molecule has 0 radical (unpaired) electrons. The number of nitrogens with zero attached hydrogens (tertiary/aromatic N) is 8. The van der Waals surface area contributed by atoms with Crippen LogP contribution in [0, 0.1) is 13.8 Å². The van der Waals surface area contributed by atoms with Crippen LogP contribution in [0.1, 0.15) is 11.1 Å². The molecule has 5 rings (SSSR count). The lowest BCUT2D eigenvalue weighted by molar-refractivity contribution is 0.220. The molecule has 0 aliphatic heterocycles. The standard InChI is InChI=1S/C19H18N8O/c1-12-4-5-13(2)16(8-12)28-11-26-7-6-15(23-26)17-22-19-14-9-21-25(3)18(14)20-10-27(19)24-17/h4-10H,11H2,1-3H3. The van der Waals surface area contributed by atoms with Crippen molar-refractivity contribution in [2.24, 2.45) is 7.05 Å². The van der Waals surface area contributed by atoms with Gasteiger partial charge in [0, 0.05) is 13.2 Å². The maximum Gasteiger partial charge on any atom is 0.202 e. The number of ether oxygens (including phenoxy) is 1. The summed E-state index contributed by atoms with van der Waals surface area (Å²) < 4.78 is 11.0. The Balaban J connectivity index is 1.42. The molecule has 5 aromatic rings. The van der Waals surface area contributed by atoms with E-state index in [-0.39, 0.29) is 0 Å². The van der Waals surface area contributed by atoms with E-state index in [1.54, 1.807) is 26.4 Å². The zero-order valence-electron chi connectivity index (χ0n) is 15.7. The summed E-state index contributed by atoms with van der Waals surface area (Å²) >= 11 is 0. The van der Waals surface area contributed by atoms with E-state index >= 15 is 0 Å². The average molecular weight is 374 g/mol. The van der Waals surface area contributed by atoms with Crippen LogP contribution in [0.3, 0.4) is 0 Å². The fourth-order valence-corrected chi connectivity index (χ4v) is 3.10. The molecule has 0 N–H and O–H groups in total. The molecule has 28 heavy (non-hydrogen) atoms. The van der Waals surface area contributed by atoms with E-state index in [0.29, 0.717) is 23.9 Å². The van der Waals surface area contributed by atoms with Crippen LogP contribution in [-0.2, 0) is 13.8 Å². The van der Waals surface area contributed by atoms with Crippen LogP contribution < -0.4 is 4.74 Å². The van der Waals surface area contributed by atoms with E-state index in [0.717, 1.165) is 27.9 Å². The Morgan fingerprint density at radius 2 is 1.96 bits per heavy atom. The number of hydrogen-bond donors (Lipinski definition) is 0. The van der Waals surface area contributed by atoms with Gasteiger partial charge in [-0.05, 0) is 37.1 Å². The maximum atomic E-state index is 5.91. The lowest BCUT2D eigenvalue weighted by Gasteiger charge is -2.09. The fraction of sp³-hybridized carbons (Fsp3) is 0.211. The molecule has 0 saturated carbocycles. The molecule has 1 aromatic carbocycles. The van der Waals surface area contributed by atoms with Gasteiger partial charge in [0.05, 0.1) is 11.6 Å². The number of fused-ring (bicyclic) bond motifs is 3. The number of aromatic nitrogens is 8. The van der Waals surface area contributed by atoms with Gasteiger partial charge < -0.3 is 4.74 Å². The van der Waals surface area contributed by atoms with Crippen molar-refractivity contribution >= 4 is 16.7 Å². The second kappa shape index (κ2) is 6.15. The first-order valence-corrected chi connectivity index (χ1v) is 8.85. The van der Waals surface area contributed by atoms with Crippen LogP contribution in [0.5, 0.6) is 5.75 Å². The molecule has 0 spiro atoms. The van der Waals surface area contributed by atoms with Gasteiger partial charge in [0.1, 0.15) is 17.8 Å². The maximum absolute atomic E-state index is 5.91. The molecule has 0 fully saturated rings. The molecular weight excluding hydrogens is 356 g/mol. The van der Waals surface area contributed by atoms with E-state index in [2.05, 4.69) is 31.3 Å². The summed E-state index contributed by atoms with van der Waals surface area (Å²) in [6.07, 6.45) is 5.23. The highest BCUT2D eigenvalue weighted by Gasteiger charge is 2.14. The highest BCUT2D eigenvalue weighted by atomic mass is 16.5. The predicted molar refractivity (Wildman–Crippen MR) is 103 cm³/mol. The SMILES string of the molecule is Cc1ccc(C)c(OCn2ccc(-c3nc4c5cnn(C)c5ncn4n3)n2)c1. The van der Waals surface area contributed by atoms with Crippen LogP contribution in [0.4, 0.5) is 0 Å². The van der Waals surface area contributed by atoms with E-state index < -0.39 is 0 Å². The van der Waals surface area contributed by atoms with Gasteiger partial charge in [-0.2, -0.15) is 10.2 Å². The van der Waals surface area contributed by atoms with Crippen molar-refractivity contribution in [2.75, 3.05) is 0 Å². The minimum atomic E-state index is 0.312. The first kappa shape index (κ1) is 16.4. The largest absolute Gasteiger partial charge is 0.471 e. The number of aryl methyl sites for hydroxylation is 3. The van der Waals surface area contributed by atoms with Crippen molar-refractivity contribution < 1.29 is 4.74 Å². The van der Waals surface area contributed by atoms with Gasteiger partial charge in [-0.25, -0.2) is 19.2 Å². The van der Waals surface area contributed by atoms with Crippen LogP contribution >= 0.6 is 0 Å². The van der Waals surface area contributed by atoms with Gasteiger partial charge in [0.2, 0.25) is 5.82 Å². The van der Waals surface area contributed by atoms with Crippen LogP contribution in [0.2, 0.25) is 0 Å². The first-order valence-electron chi connectivity index (χ1n) is 8.85. The topological polar surface area (TPSA) is 88.0 Å². The van der Waals surface area contributed by atoms with Crippen LogP contribution in [0.25, 0.3) is 28.2 Å². The minimum Gasteiger partial charge on any atom is -0.471 e. The minimum absolute atomic E-state index is 0.312. The van der Waals surface area contributed by atoms with E-state index in [1.165, 1.54) is 0 Å². The summed E-state index contributed by atoms with van der Waals surface area (Å²) in [6, 6.07) is 8.01. The van der Waals surface area contributed by atoms with E-state index in [1.807, 2.05) is 45.3 Å². The third kappa shape index (κ3) is 2.68. The average Bonchev–Trinajstić information content (AvgIpc) is 3.40. The number of rotatable bonds is 4. The predicted octanol–water partition coefficient (Wildman–Crippen LogP) is 2.53. The molecule has 0 unspecified atom stereocenters. The molecular formula is C19H18N8O. The Morgan fingerprint density at radius 1 is 1.07 bits per heavy atom. The first-order chi connectivity index (χ1) is 13.6. The van der Waals surface area contributed by atoms with Crippen molar-refractivity contribution in [1.82, 2.24) is 39.1 Å². The summed E-state index contributed by atoms with van der Waals surface area (Å²) in [6.45, 7) is 4.38. The van der Waals surface area contributed by atoms with E-state index in [4.69, 9.17) is 4.74 Å². The van der Waals surface area contributed by atoms with Crippen molar-refractivity contribution in [2.45, 2.75) is 20.6 Å². The summed E-state index contributed by atoms with van der Waals surface area (Å²) in [5.74, 6) is 1.39. The van der Waals surface area contributed by atoms with Crippen LogP contribution in [-0.4, -0.2) is 39.1 Å². The highest BCUT2D eigenvalue weighted by Crippen LogP contribution is 2.21. The molecule has 0 aliphatic rings. The van der Waals surface area contributed by atoms with Crippen molar-refractivity contribution in [3.63, 3.8) is 0 Å². The molecule has 9 heteroatoms. The Bertz CT molecular complexity index is 1310. The van der Waals surface area contributed by atoms with E-state index in [9.17, 15) is 0 Å². The van der Waals surface area contributed by atoms with Gasteiger partial charge in [-0.3, -0.25) is 4.68 Å².